The highest BCUT2D eigenvalue weighted by Gasteiger charge is 2.15. The molecule has 1 heterocycles. The summed E-state index contributed by atoms with van der Waals surface area (Å²) in [6, 6.07) is 9.19. The van der Waals surface area contributed by atoms with Crippen LogP contribution in [0.25, 0.3) is 0 Å². The first-order valence-electron chi connectivity index (χ1n) is 8.82. The van der Waals surface area contributed by atoms with Crippen LogP contribution in [0.2, 0.25) is 0 Å². The summed E-state index contributed by atoms with van der Waals surface area (Å²) in [5, 5.41) is 3.46. The Morgan fingerprint density at radius 1 is 1.05 bits per heavy atom. The molecule has 1 aliphatic heterocycles. The van der Waals surface area contributed by atoms with E-state index in [9.17, 15) is 0 Å². The van der Waals surface area contributed by atoms with E-state index in [0.717, 1.165) is 25.6 Å². The molecule has 1 fully saturated rings. The van der Waals surface area contributed by atoms with Gasteiger partial charge in [-0.2, -0.15) is 0 Å². The van der Waals surface area contributed by atoms with E-state index < -0.39 is 0 Å². The average Bonchev–Trinajstić information content (AvgIpc) is 2.74. The van der Waals surface area contributed by atoms with Gasteiger partial charge >= 0.3 is 0 Å². The topological polar surface area (TPSA) is 15.3 Å². The van der Waals surface area contributed by atoms with Crippen molar-refractivity contribution in [2.75, 3.05) is 19.6 Å². The minimum absolute atomic E-state index is 0.960. The molecule has 1 aromatic carbocycles. The monoisotopic (exact) mass is 288 g/mol. The van der Waals surface area contributed by atoms with E-state index in [1.165, 1.54) is 56.3 Å². The Hall–Kier alpha value is -0.860. The van der Waals surface area contributed by atoms with Gasteiger partial charge in [-0.05, 0) is 62.4 Å². The van der Waals surface area contributed by atoms with Gasteiger partial charge in [0, 0.05) is 13.1 Å². The predicted molar refractivity (Wildman–Crippen MR) is 91.3 cm³/mol. The van der Waals surface area contributed by atoms with Gasteiger partial charge in [0.25, 0.3) is 0 Å². The first-order valence-corrected chi connectivity index (χ1v) is 8.82. The standard InChI is InChI=1S/C19H32N2/c1-3-12-20-15-18-7-9-19(10-8-18)16-21-13-5-6-17(4-2)11-14-21/h7-10,17,20H,3-6,11-16H2,1-2H3. The number of hydrogen-bond donors (Lipinski definition) is 1. The molecule has 2 rings (SSSR count). The van der Waals surface area contributed by atoms with Crippen molar-refractivity contribution in [1.29, 1.82) is 0 Å². The van der Waals surface area contributed by atoms with Crippen molar-refractivity contribution in [3.63, 3.8) is 0 Å². The molecular formula is C19H32N2. The molecule has 1 atom stereocenters. The Morgan fingerprint density at radius 3 is 2.52 bits per heavy atom. The molecule has 1 saturated heterocycles. The summed E-state index contributed by atoms with van der Waals surface area (Å²) >= 11 is 0. The van der Waals surface area contributed by atoms with Crippen molar-refractivity contribution < 1.29 is 0 Å². The predicted octanol–water partition coefficient (Wildman–Crippen LogP) is 4.20. The normalized spacial score (nSPS) is 20.4. The van der Waals surface area contributed by atoms with Gasteiger partial charge in [-0.15, -0.1) is 0 Å². The van der Waals surface area contributed by atoms with Crippen LogP contribution in [0.1, 0.15) is 57.1 Å². The van der Waals surface area contributed by atoms with E-state index in [1.807, 2.05) is 0 Å². The molecule has 0 radical (unpaired) electrons. The molecule has 0 aromatic heterocycles. The van der Waals surface area contributed by atoms with E-state index >= 15 is 0 Å². The second-order valence-electron chi connectivity index (χ2n) is 6.47. The van der Waals surface area contributed by atoms with Crippen LogP contribution in [-0.2, 0) is 13.1 Å². The summed E-state index contributed by atoms with van der Waals surface area (Å²) in [7, 11) is 0. The molecule has 1 aliphatic rings. The highest BCUT2D eigenvalue weighted by molar-refractivity contribution is 5.22. The highest BCUT2D eigenvalue weighted by Crippen LogP contribution is 2.21. The van der Waals surface area contributed by atoms with Gasteiger partial charge in [-0.1, -0.05) is 44.5 Å². The second kappa shape index (κ2) is 9.22. The number of hydrogen-bond acceptors (Lipinski definition) is 2. The third-order valence-electron chi connectivity index (χ3n) is 4.70. The van der Waals surface area contributed by atoms with Crippen molar-refractivity contribution in [2.45, 2.75) is 59.0 Å². The number of rotatable bonds is 7. The quantitative estimate of drug-likeness (QED) is 0.757. The lowest BCUT2D eigenvalue weighted by atomic mass is 9.98. The molecule has 21 heavy (non-hydrogen) atoms. The van der Waals surface area contributed by atoms with Gasteiger partial charge in [0.05, 0.1) is 0 Å². The van der Waals surface area contributed by atoms with Crippen molar-refractivity contribution in [3.8, 4) is 0 Å². The summed E-state index contributed by atoms with van der Waals surface area (Å²) in [6.45, 7) is 10.3. The fourth-order valence-electron chi connectivity index (χ4n) is 3.22. The van der Waals surface area contributed by atoms with E-state index in [1.54, 1.807) is 0 Å². The molecule has 2 heteroatoms. The van der Waals surface area contributed by atoms with Crippen molar-refractivity contribution in [2.24, 2.45) is 5.92 Å². The summed E-state index contributed by atoms with van der Waals surface area (Å²) in [5.74, 6) is 0.960. The van der Waals surface area contributed by atoms with Gasteiger partial charge in [0.1, 0.15) is 0 Å². The number of nitrogens with zero attached hydrogens (tertiary/aromatic N) is 1. The zero-order valence-corrected chi connectivity index (χ0v) is 13.9. The molecule has 2 nitrogen and oxygen atoms in total. The van der Waals surface area contributed by atoms with Crippen LogP contribution in [0.3, 0.4) is 0 Å². The Bertz CT molecular complexity index is 385. The van der Waals surface area contributed by atoms with Crippen LogP contribution < -0.4 is 5.32 Å². The maximum Gasteiger partial charge on any atom is 0.0233 e. The maximum absolute atomic E-state index is 3.46. The molecule has 0 amide bonds. The SMILES string of the molecule is CCCNCc1ccc(CN2CCCC(CC)CC2)cc1. The first kappa shape index (κ1) is 16.5. The van der Waals surface area contributed by atoms with Gasteiger partial charge in [0.2, 0.25) is 0 Å². The van der Waals surface area contributed by atoms with Crippen LogP contribution in [0, 0.1) is 5.92 Å². The fraction of sp³-hybridized carbons (Fsp3) is 0.684. The average molecular weight is 288 g/mol. The Morgan fingerprint density at radius 2 is 1.81 bits per heavy atom. The lowest BCUT2D eigenvalue weighted by Gasteiger charge is -2.20. The molecule has 0 saturated carbocycles. The third kappa shape index (κ3) is 5.80. The van der Waals surface area contributed by atoms with E-state index in [0.29, 0.717) is 0 Å². The molecule has 0 spiro atoms. The number of benzene rings is 1. The second-order valence-corrected chi connectivity index (χ2v) is 6.47. The molecule has 1 unspecified atom stereocenters. The van der Waals surface area contributed by atoms with Crippen molar-refractivity contribution >= 4 is 0 Å². The number of nitrogens with one attached hydrogen (secondary N) is 1. The molecular weight excluding hydrogens is 256 g/mol. The van der Waals surface area contributed by atoms with Crippen LogP contribution >= 0.6 is 0 Å². The molecule has 0 bridgehead atoms. The largest absolute Gasteiger partial charge is 0.313 e. The van der Waals surface area contributed by atoms with Crippen molar-refractivity contribution in [3.05, 3.63) is 35.4 Å². The van der Waals surface area contributed by atoms with Crippen molar-refractivity contribution in [1.82, 2.24) is 10.2 Å². The van der Waals surface area contributed by atoms with Gasteiger partial charge < -0.3 is 5.32 Å². The molecule has 1 N–H and O–H groups in total. The Kier molecular flexibility index (Phi) is 7.25. The smallest absolute Gasteiger partial charge is 0.0233 e. The number of likely N-dealkylation sites (tertiary alicyclic amines) is 1. The van der Waals surface area contributed by atoms with Gasteiger partial charge in [-0.3, -0.25) is 4.90 Å². The van der Waals surface area contributed by atoms with E-state index in [4.69, 9.17) is 0 Å². The summed E-state index contributed by atoms with van der Waals surface area (Å²) in [5.41, 5.74) is 2.86. The summed E-state index contributed by atoms with van der Waals surface area (Å²) < 4.78 is 0. The maximum atomic E-state index is 3.46. The molecule has 0 aliphatic carbocycles. The van der Waals surface area contributed by atoms with Crippen LogP contribution in [0.15, 0.2) is 24.3 Å². The summed E-state index contributed by atoms with van der Waals surface area (Å²) in [6.07, 6.45) is 6.74. The lowest BCUT2D eigenvalue weighted by Crippen LogP contribution is -2.24. The molecule has 118 valence electrons. The Balaban J connectivity index is 1.79. The van der Waals surface area contributed by atoms with Crippen LogP contribution in [-0.4, -0.2) is 24.5 Å². The zero-order valence-electron chi connectivity index (χ0n) is 13.9. The zero-order chi connectivity index (χ0) is 14.9. The minimum Gasteiger partial charge on any atom is -0.313 e. The lowest BCUT2D eigenvalue weighted by molar-refractivity contribution is 0.272. The van der Waals surface area contributed by atoms with E-state index in [-0.39, 0.29) is 0 Å². The van der Waals surface area contributed by atoms with E-state index in [2.05, 4.69) is 48.3 Å². The first-order chi connectivity index (χ1) is 10.3. The van der Waals surface area contributed by atoms with Gasteiger partial charge in [-0.25, -0.2) is 0 Å². The summed E-state index contributed by atoms with van der Waals surface area (Å²) in [4.78, 5) is 2.64. The Labute approximate surface area is 130 Å². The van der Waals surface area contributed by atoms with Crippen LogP contribution in [0.5, 0.6) is 0 Å². The highest BCUT2D eigenvalue weighted by atomic mass is 15.1. The third-order valence-corrected chi connectivity index (χ3v) is 4.70. The minimum atomic E-state index is 0.960. The molecule has 1 aromatic rings. The fourth-order valence-corrected chi connectivity index (χ4v) is 3.22. The van der Waals surface area contributed by atoms with Gasteiger partial charge in [0.15, 0.2) is 0 Å². The van der Waals surface area contributed by atoms with Crippen LogP contribution in [0.4, 0.5) is 0 Å².